The number of ether oxygens (including phenoxy) is 2. The fraction of sp³-hybridized carbons (Fsp3) is 0.360. The number of carbonyl (C=O) groups excluding carboxylic acids is 2. The highest BCUT2D eigenvalue weighted by Gasteiger charge is 2.45. The number of piperidine rings is 1. The van der Waals surface area contributed by atoms with Crippen LogP contribution in [0.2, 0.25) is 0 Å². The molecule has 6 nitrogen and oxygen atoms in total. The van der Waals surface area contributed by atoms with Gasteiger partial charge in [-0.05, 0) is 60.3 Å². The molecule has 0 bridgehead atoms. The molecule has 0 atom stereocenters. The molecule has 0 N–H and O–H groups in total. The highest BCUT2D eigenvalue weighted by molar-refractivity contribution is 9.10. The monoisotopic (exact) mass is 499 g/mol. The van der Waals surface area contributed by atoms with Crippen LogP contribution in [-0.4, -0.2) is 43.6 Å². The number of aryl methyl sites for hydroxylation is 1. The van der Waals surface area contributed by atoms with Crippen molar-refractivity contribution in [3.8, 4) is 5.75 Å². The molecule has 2 aromatic carbocycles. The van der Waals surface area contributed by atoms with Crippen LogP contribution < -0.4 is 4.74 Å². The summed E-state index contributed by atoms with van der Waals surface area (Å²) in [5.74, 6) is 0.876. The van der Waals surface area contributed by atoms with Crippen LogP contribution in [0.15, 0.2) is 51.4 Å². The Hall–Kier alpha value is -2.80. The molecule has 1 aromatic heterocycles. The second kappa shape index (κ2) is 8.98. The molecule has 7 heteroatoms. The summed E-state index contributed by atoms with van der Waals surface area (Å²) in [4.78, 5) is 28.3. The zero-order chi connectivity index (χ0) is 22.9. The lowest BCUT2D eigenvalue weighted by atomic mass is 9.72. The molecule has 1 fully saturated rings. The number of esters is 1. The normalized spacial score (nSPS) is 15.6. The number of carbonyl (C=O) groups is 2. The van der Waals surface area contributed by atoms with Crippen molar-refractivity contribution in [2.24, 2.45) is 0 Å². The van der Waals surface area contributed by atoms with Crippen molar-refractivity contribution in [1.29, 1.82) is 0 Å². The van der Waals surface area contributed by atoms with Crippen LogP contribution in [0.3, 0.4) is 0 Å². The number of hydrogen-bond acceptors (Lipinski definition) is 5. The predicted molar refractivity (Wildman–Crippen MR) is 125 cm³/mol. The van der Waals surface area contributed by atoms with Crippen molar-refractivity contribution in [3.63, 3.8) is 0 Å². The van der Waals surface area contributed by atoms with E-state index in [-0.39, 0.29) is 11.9 Å². The predicted octanol–water partition coefficient (Wildman–Crippen LogP) is 5.25. The Balaban J connectivity index is 1.63. The number of benzene rings is 2. The molecule has 0 aliphatic carbocycles. The Morgan fingerprint density at radius 2 is 1.84 bits per heavy atom. The van der Waals surface area contributed by atoms with Crippen LogP contribution in [-0.2, 0) is 14.9 Å². The molecule has 1 amide bonds. The molecule has 1 saturated heterocycles. The molecule has 0 radical (unpaired) electrons. The molecule has 0 unspecified atom stereocenters. The largest absolute Gasteiger partial charge is 0.496 e. The van der Waals surface area contributed by atoms with Gasteiger partial charge >= 0.3 is 5.97 Å². The second-order valence-corrected chi connectivity index (χ2v) is 8.83. The lowest BCUT2D eigenvalue weighted by molar-refractivity contribution is -0.152. The molecule has 3 aromatic rings. The van der Waals surface area contributed by atoms with Crippen LogP contribution in [0.1, 0.15) is 41.4 Å². The third-order valence-electron chi connectivity index (χ3n) is 6.25. The Bertz CT molecular complexity index is 1150. The summed E-state index contributed by atoms with van der Waals surface area (Å²) in [6, 6.07) is 13.4. The molecule has 32 heavy (non-hydrogen) atoms. The minimum atomic E-state index is -0.740. The standard InChI is InChI=1S/C25H26BrNO5/c1-4-31-24(29)25(17-8-6-5-7-9-17)10-12-27(13-11-25)23(28)22-16(2)32-20-15-19(26)21(30-3)14-18(20)22/h5-9,14-15H,4,10-13H2,1-3H3. The Kier molecular flexibility index (Phi) is 6.29. The number of nitrogens with zero attached hydrogens (tertiary/aromatic N) is 1. The molecule has 168 valence electrons. The molecule has 2 heterocycles. The SMILES string of the molecule is CCOC(=O)C1(c2ccccc2)CCN(C(=O)c2c(C)oc3cc(Br)c(OC)cc23)CC1. The maximum atomic E-state index is 13.5. The number of hydrogen-bond donors (Lipinski definition) is 0. The van der Waals surface area contributed by atoms with E-state index in [2.05, 4.69) is 15.9 Å². The van der Waals surface area contributed by atoms with Gasteiger partial charge in [-0.1, -0.05) is 30.3 Å². The first-order chi connectivity index (χ1) is 15.4. The van der Waals surface area contributed by atoms with Crippen molar-refractivity contribution in [2.45, 2.75) is 32.1 Å². The zero-order valence-corrected chi connectivity index (χ0v) is 20.0. The van der Waals surface area contributed by atoms with Gasteiger partial charge in [0.2, 0.25) is 0 Å². The lowest BCUT2D eigenvalue weighted by Crippen LogP contribution is -2.49. The van der Waals surface area contributed by atoms with Gasteiger partial charge in [0.05, 0.1) is 29.2 Å². The summed E-state index contributed by atoms with van der Waals surface area (Å²) >= 11 is 3.46. The lowest BCUT2D eigenvalue weighted by Gasteiger charge is -2.40. The zero-order valence-electron chi connectivity index (χ0n) is 18.4. The number of rotatable bonds is 5. The number of amides is 1. The van der Waals surface area contributed by atoms with Gasteiger partial charge < -0.3 is 18.8 Å². The van der Waals surface area contributed by atoms with Crippen LogP contribution in [0.4, 0.5) is 0 Å². The van der Waals surface area contributed by atoms with E-state index in [1.165, 1.54) is 0 Å². The van der Waals surface area contributed by atoms with Gasteiger partial charge in [-0.25, -0.2) is 0 Å². The van der Waals surface area contributed by atoms with E-state index in [1.807, 2.05) is 49.4 Å². The topological polar surface area (TPSA) is 69.0 Å². The number of furan rings is 1. The van der Waals surface area contributed by atoms with Crippen molar-refractivity contribution in [1.82, 2.24) is 4.90 Å². The van der Waals surface area contributed by atoms with Crippen molar-refractivity contribution >= 4 is 38.8 Å². The van der Waals surface area contributed by atoms with Gasteiger partial charge in [-0.2, -0.15) is 0 Å². The highest BCUT2D eigenvalue weighted by atomic mass is 79.9. The van der Waals surface area contributed by atoms with E-state index in [0.717, 1.165) is 15.4 Å². The fourth-order valence-corrected chi connectivity index (χ4v) is 5.01. The van der Waals surface area contributed by atoms with Crippen LogP contribution in [0.5, 0.6) is 5.75 Å². The average Bonchev–Trinajstić information content (AvgIpc) is 3.13. The van der Waals surface area contributed by atoms with Crippen LogP contribution in [0.25, 0.3) is 11.0 Å². The van der Waals surface area contributed by atoms with E-state index < -0.39 is 5.41 Å². The van der Waals surface area contributed by atoms with Crippen molar-refractivity contribution < 1.29 is 23.5 Å². The third kappa shape index (κ3) is 3.79. The van der Waals surface area contributed by atoms with Crippen molar-refractivity contribution in [3.05, 3.63) is 63.8 Å². The van der Waals surface area contributed by atoms with Crippen LogP contribution >= 0.6 is 15.9 Å². The van der Waals surface area contributed by atoms with Crippen LogP contribution in [0, 0.1) is 6.92 Å². The minimum absolute atomic E-state index is 0.101. The van der Waals surface area contributed by atoms with E-state index >= 15 is 0 Å². The molecular formula is C25H26BrNO5. The second-order valence-electron chi connectivity index (χ2n) is 7.98. The molecule has 0 spiro atoms. The Morgan fingerprint density at radius 1 is 1.16 bits per heavy atom. The van der Waals surface area contributed by atoms with Gasteiger partial charge in [0.25, 0.3) is 5.91 Å². The highest BCUT2D eigenvalue weighted by Crippen LogP contribution is 2.39. The van der Waals surface area contributed by atoms with E-state index in [4.69, 9.17) is 13.9 Å². The van der Waals surface area contributed by atoms with Gasteiger partial charge in [-0.15, -0.1) is 0 Å². The maximum absolute atomic E-state index is 13.5. The van der Waals surface area contributed by atoms with Gasteiger partial charge in [0.1, 0.15) is 17.1 Å². The Morgan fingerprint density at radius 3 is 2.47 bits per heavy atom. The molecule has 0 saturated carbocycles. The van der Waals surface area contributed by atoms with Gasteiger partial charge in [0, 0.05) is 18.5 Å². The first-order valence-electron chi connectivity index (χ1n) is 10.7. The molecule has 1 aliphatic heterocycles. The van der Waals surface area contributed by atoms with E-state index in [9.17, 15) is 9.59 Å². The summed E-state index contributed by atoms with van der Waals surface area (Å²) in [5, 5.41) is 0.720. The minimum Gasteiger partial charge on any atom is -0.496 e. The smallest absolute Gasteiger partial charge is 0.316 e. The Labute approximate surface area is 195 Å². The summed E-state index contributed by atoms with van der Waals surface area (Å²) < 4.78 is 17.5. The quantitative estimate of drug-likeness (QED) is 0.448. The average molecular weight is 500 g/mol. The van der Waals surface area contributed by atoms with E-state index in [0.29, 0.717) is 55.2 Å². The molecule has 1 aliphatic rings. The summed E-state index contributed by atoms with van der Waals surface area (Å²) in [5.41, 5.74) is 1.36. The van der Waals surface area contributed by atoms with Crippen molar-refractivity contribution in [2.75, 3.05) is 26.8 Å². The first kappa shape index (κ1) is 22.4. The summed E-state index contributed by atoms with van der Waals surface area (Å²) in [6.07, 6.45) is 1.01. The summed E-state index contributed by atoms with van der Waals surface area (Å²) in [6.45, 7) is 4.84. The number of likely N-dealkylation sites (tertiary alicyclic amines) is 1. The molecule has 4 rings (SSSR count). The number of fused-ring (bicyclic) bond motifs is 1. The first-order valence-corrected chi connectivity index (χ1v) is 11.5. The summed E-state index contributed by atoms with van der Waals surface area (Å²) in [7, 11) is 1.59. The third-order valence-corrected chi connectivity index (χ3v) is 6.87. The molecular weight excluding hydrogens is 474 g/mol. The maximum Gasteiger partial charge on any atom is 0.316 e. The van der Waals surface area contributed by atoms with Gasteiger partial charge in [-0.3, -0.25) is 9.59 Å². The fourth-order valence-electron chi connectivity index (χ4n) is 4.53. The van der Waals surface area contributed by atoms with E-state index in [1.54, 1.807) is 18.9 Å². The number of halogens is 1. The van der Waals surface area contributed by atoms with Gasteiger partial charge in [0.15, 0.2) is 0 Å². The number of methoxy groups -OCH3 is 1.